The molecular formula is C19H19NO4. The molecule has 0 bridgehead atoms. The number of carbonyl (C=O) groups excluding carboxylic acids is 3. The van der Waals surface area contributed by atoms with Gasteiger partial charge < -0.3 is 13.9 Å². The lowest BCUT2D eigenvalue weighted by Crippen LogP contribution is -2.07. The van der Waals surface area contributed by atoms with E-state index in [9.17, 15) is 14.4 Å². The standard InChI is InChI=1S/C19H19NO4/c1-4-24-19(23)18-13(9-8-11(2)21)15-6-5-7-16-14(12(3)22)10-17(18)20(15)16/h5-7,10H,4,8-9H2,1-3H3. The number of rotatable bonds is 6. The van der Waals surface area contributed by atoms with Crippen molar-refractivity contribution in [2.45, 2.75) is 33.6 Å². The second-order valence-electron chi connectivity index (χ2n) is 5.91. The fourth-order valence-corrected chi connectivity index (χ4v) is 3.22. The third-order valence-corrected chi connectivity index (χ3v) is 4.24. The number of Topliss-reactive ketones (excluding diaryl/α,β-unsaturated/α-hetero) is 2. The zero-order valence-electron chi connectivity index (χ0n) is 14.0. The Morgan fingerprint density at radius 3 is 2.42 bits per heavy atom. The van der Waals surface area contributed by atoms with Gasteiger partial charge in [-0.1, -0.05) is 6.07 Å². The van der Waals surface area contributed by atoms with Gasteiger partial charge in [0.15, 0.2) is 5.78 Å². The average Bonchev–Trinajstić information content (AvgIpc) is 3.05. The molecule has 24 heavy (non-hydrogen) atoms. The van der Waals surface area contributed by atoms with Crippen LogP contribution in [0.5, 0.6) is 0 Å². The van der Waals surface area contributed by atoms with E-state index in [1.165, 1.54) is 13.8 Å². The summed E-state index contributed by atoms with van der Waals surface area (Å²) in [5.41, 5.74) is 4.14. The maximum atomic E-state index is 12.5. The Hall–Kier alpha value is -2.69. The molecule has 0 aliphatic heterocycles. The third-order valence-electron chi connectivity index (χ3n) is 4.24. The lowest BCUT2D eigenvalue weighted by atomic mass is 10.0. The molecule has 0 atom stereocenters. The first-order valence-electron chi connectivity index (χ1n) is 8.01. The SMILES string of the molecule is CCOC(=O)c1c(CCC(C)=O)c2cccc3c(C(C)=O)cc1n32. The minimum Gasteiger partial charge on any atom is -0.462 e. The van der Waals surface area contributed by atoms with E-state index in [2.05, 4.69) is 0 Å². The van der Waals surface area contributed by atoms with E-state index in [0.29, 0.717) is 29.5 Å². The third kappa shape index (κ3) is 2.46. The molecule has 5 heteroatoms. The number of hydrogen-bond acceptors (Lipinski definition) is 4. The van der Waals surface area contributed by atoms with E-state index in [-0.39, 0.29) is 18.2 Å². The average molecular weight is 325 g/mol. The lowest BCUT2D eigenvalue weighted by Gasteiger charge is -2.05. The summed E-state index contributed by atoms with van der Waals surface area (Å²) in [6.45, 7) is 5.07. The van der Waals surface area contributed by atoms with Crippen LogP contribution < -0.4 is 0 Å². The summed E-state index contributed by atoms with van der Waals surface area (Å²) in [6, 6.07) is 7.37. The molecule has 0 aliphatic rings. The van der Waals surface area contributed by atoms with Gasteiger partial charge in [0, 0.05) is 12.0 Å². The summed E-state index contributed by atoms with van der Waals surface area (Å²) < 4.78 is 7.13. The summed E-state index contributed by atoms with van der Waals surface area (Å²) >= 11 is 0. The van der Waals surface area contributed by atoms with Gasteiger partial charge in [-0.05, 0) is 51.0 Å². The number of esters is 1. The summed E-state index contributed by atoms with van der Waals surface area (Å²) in [7, 11) is 0. The number of pyridine rings is 1. The molecule has 3 aromatic rings. The number of carbonyl (C=O) groups is 3. The second-order valence-corrected chi connectivity index (χ2v) is 5.91. The van der Waals surface area contributed by atoms with E-state index in [4.69, 9.17) is 4.74 Å². The Morgan fingerprint density at radius 2 is 1.79 bits per heavy atom. The normalized spacial score (nSPS) is 11.3. The van der Waals surface area contributed by atoms with Crippen molar-refractivity contribution in [1.82, 2.24) is 4.40 Å². The zero-order chi connectivity index (χ0) is 17.4. The van der Waals surface area contributed by atoms with Crippen LogP contribution in [0.1, 0.15) is 53.5 Å². The molecule has 0 aliphatic carbocycles. The number of aromatic nitrogens is 1. The van der Waals surface area contributed by atoms with Crippen molar-refractivity contribution >= 4 is 34.1 Å². The van der Waals surface area contributed by atoms with Crippen molar-refractivity contribution in [2.24, 2.45) is 0 Å². The fourth-order valence-electron chi connectivity index (χ4n) is 3.22. The molecule has 5 nitrogen and oxygen atoms in total. The summed E-state index contributed by atoms with van der Waals surface area (Å²) in [6.07, 6.45) is 0.832. The van der Waals surface area contributed by atoms with Crippen molar-refractivity contribution in [3.8, 4) is 0 Å². The van der Waals surface area contributed by atoms with Crippen LogP contribution in [-0.4, -0.2) is 28.5 Å². The largest absolute Gasteiger partial charge is 0.462 e. The molecule has 3 aromatic heterocycles. The first-order chi connectivity index (χ1) is 11.5. The van der Waals surface area contributed by atoms with Crippen molar-refractivity contribution in [2.75, 3.05) is 6.61 Å². The van der Waals surface area contributed by atoms with Crippen LogP contribution in [0.25, 0.3) is 16.6 Å². The summed E-state index contributed by atoms with van der Waals surface area (Å²) in [5, 5.41) is 0. The lowest BCUT2D eigenvalue weighted by molar-refractivity contribution is -0.116. The predicted molar refractivity (Wildman–Crippen MR) is 91.1 cm³/mol. The Kier molecular flexibility index (Phi) is 4.09. The molecule has 3 heterocycles. The molecule has 124 valence electrons. The quantitative estimate of drug-likeness (QED) is 0.514. The zero-order valence-corrected chi connectivity index (χ0v) is 14.0. The highest BCUT2D eigenvalue weighted by atomic mass is 16.5. The predicted octanol–water partition coefficient (Wildman–Crippen LogP) is 3.43. The Labute approximate surface area is 139 Å². The molecule has 0 N–H and O–H groups in total. The van der Waals surface area contributed by atoms with Gasteiger partial charge in [-0.25, -0.2) is 4.79 Å². The fraction of sp³-hybridized carbons (Fsp3) is 0.316. The number of nitrogens with zero attached hydrogens (tertiary/aromatic N) is 1. The van der Waals surface area contributed by atoms with Gasteiger partial charge in [0.2, 0.25) is 0 Å². The highest BCUT2D eigenvalue weighted by Gasteiger charge is 2.26. The van der Waals surface area contributed by atoms with Crippen molar-refractivity contribution < 1.29 is 19.1 Å². The van der Waals surface area contributed by atoms with E-state index in [1.54, 1.807) is 13.0 Å². The Morgan fingerprint density at radius 1 is 1.08 bits per heavy atom. The van der Waals surface area contributed by atoms with Gasteiger partial charge in [-0.3, -0.25) is 4.79 Å². The second kappa shape index (κ2) is 6.07. The molecule has 0 unspecified atom stereocenters. The van der Waals surface area contributed by atoms with E-state index in [0.717, 1.165) is 16.6 Å². The maximum Gasteiger partial charge on any atom is 0.340 e. The van der Waals surface area contributed by atoms with Crippen LogP contribution in [-0.2, 0) is 16.0 Å². The molecule has 0 amide bonds. The van der Waals surface area contributed by atoms with Crippen LogP contribution in [0, 0.1) is 0 Å². The molecule has 0 aromatic carbocycles. The van der Waals surface area contributed by atoms with Crippen LogP contribution in [0.3, 0.4) is 0 Å². The van der Waals surface area contributed by atoms with Crippen LogP contribution in [0.2, 0.25) is 0 Å². The van der Waals surface area contributed by atoms with Crippen molar-refractivity contribution in [3.63, 3.8) is 0 Å². The number of hydrogen-bond donors (Lipinski definition) is 0. The smallest absolute Gasteiger partial charge is 0.340 e. The van der Waals surface area contributed by atoms with Gasteiger partial charge in [0.25, 0.3) is 0 Å². The van der Waals surface area contributed by atoms with Crippen molar-refractivity contribution in [3.05, 3.63) is 41.0 Å². The van der Waals surface area contributed by atoms with Gasteiger partial charge in [-0.2, -0.15) is 0 Å². The summed E-state index contributed by atoms with van der Waals surface area (Å²) in [5.74, 6) is -0.396. The molecule has 0 radical (unpaired) electrons. The first kappa shape index (κ1) is 16.2. The van der Waals surface area contributed by atoms with Gasteiger partial charge in [0.1, 0.15) is 5.78 Å². The summed E-state index contributed by atoms with van der Waals surface area (Å²) in [4.78, 5) is 35.9. The van der Waals surface area contributed by atoms with Crippen LogP contribution in [0.15, 0.2) is 24.3 Å². The first-order valence-corrected chi connectivity index (χ1v) is 8.01. The van der Waals surface area contributed by atoms with Gasteiger partial charge in [-0.15, -0.1) is 0 Å². The molecule has 0 spiro atoms. The molecule has 0 saturated carbocycles. The molecule has 3 rings (SSSR count). The number of ether oxygens (including phenoxy) is 1. The van der Waals surface area contributed by atoms with E-state index >= 15 is 0 Å². The molecule has 0 fully saturated rings. The van der Waals surface area contributed by atoms with Crippen molar-refractivity contribution in [1.29, 1.82) is 0 Å². The maximum absolute atomic E-state index is 12.5. The minimum atomic E-state index is -0.415. The van der Waals surface area contributed by atoms with E-state index in [1.807, 2.05) is 22.6 Å². The molecule has 0 saturated heterocycles. The van der Waals surface area contributed by atoms with Gasteiger partial charge in [0.05, 0.1) is 28.7 Å². The van der Waals surface area contributed by atoms with Gasteiger partial charge >= 0.3 is 5.97 Å². The van der Waals surface area contributed by atoms with Crippen LogP contribution in [0.4, 0.5) is 0 Å². The monoisotopic (exact) mass is 325 g/mol. The number of ketones is 2. The van der Waals surface area contributed by atoms with Crippen LogP contribution >= 0.6 is 0 Å². The van der Waals surface area contributed by atoms with E-state index < -0.39 is 5.97 Å². The highest BCUT2D eigenvalue weighted by molar-refractivity contribution is 6.10. The Bertz CT molecular complexity index is 951. The highest BCUT2D eigenvalue weighted by Crippen LogP contribution is 2.33. The Balaban J connectivity index is 2.32. The topological polar surface area (TPSA) is 64.9 Å². The number of aryl methyl sites for hydroxylation is 1. The molecular weight excluding hydrogens is 306 g/mol. The minimum absolute atomic E-state index is 0.0497.